The van der Waals surface area contributed by atoms with Crippen molar-refractivity contribution in [3.8, 4) is 0 Å². The molecule has 5 nitrogen and oxygen atoms in total. The van der Waals surface area contributed by atoms with Gasteiger partial charge < -0.3 is 14.2 Å². The quantitative estimate of drug-likeness (QED) is 0.780. The molecule has 0 aliphatic carbocycles. The number of amides is 1. The first-order valence-electron chi connectivity index (χ1n) is 6.14. The van der Waals surface area contributed by atoms with Crippen molar-refractivity contribution in [2.24, 2.45) is 0 Å². The molecule has 0 aromatic carbocycles. The number of hydrogen-bond acceptors (Lipinski definition) is 3. The molecule has 0 spiro atoms. The highest BCUT2D eigenvalue weighted by Gasteiger charge is 2.24. The molecule has 0 bridgehead atoms. The first kappa shape index (κ1) is 15.6. The fourth-order valence-electron chi connectivity index (χ4n) is 1.76. The lowest BCUT2D eigenvalue weighted by molar-refractivity contribution is -0.141. The Morgan fingerprint density at radius 1 is 1.47 bits per heavy atom. The Kier molecular flexibility index (Phi) is 5.42. The molecule has 1 amide bonds. The Bertz CT molecular complexity index is 468. The second-order valence-corrected chi connectivity index (χ2v) is 4.87. The van der Waals surface area contributed by atoms with Gasteiger partial charge in [-0.1, -0.05) is 11.6 Å². The highest BCUT2D eigenvalue weighted by atomic mass is 35.5. The molecular weight excluding hydrogens is 268 g/mol. The third kappa shape index (κ3) is 3.73. The minimum Gasteiger partial charge on any atom is -0.468 e. The summed E-state index contributed by atoms with van der Waals surface area (Å²) in [5, 5.41) is 0.506. The lowest BCUT2D eigenvalue weighted by atomic mass is 10.2. The first-order valence-corrected chi connectivity index (χ1v) is 6.52. The van der Waals surface area contributed by atoms with Crippen molar-refractivity contribution in [2.45, 2.75) is 33.4 Å². The molecule has 0 saturated carbocycles. The van der Waals surface area contributed by atoms with Crippen molar-refractivity contribution in [2.75, 3.05) is 13.7 Å². The minimum atomic E-state index is -0.442. The molecule has 1 aromatic rings. The molecule has 0 radical (unpaired) electrons. The predicted octanol–water partition coefficient (Wildman–Crippen LogP) is 2.19. The van der Waals surface area contributed by atoms with Gasteiger partial charge in [-0.3, -0.25) is 9.59 Å². The Labute approximate surface area is 118 Å². The number of carbonyl (C=O) groups excluding carboxylic acids is 2. The molecular formula is C13H19ClN2O3. The summed E-state index contributed by atoms with van der Waals surface area (Å²) in [5.74, 6) is -0.670. The fraction of sp³-hybridized carbons (Fsp3) is 0.538. The van der Waals surface area contributed by atoms with Gasteiger partial charge in [0.15, 0.2) is 0 Å². The van der Waals surface area contributed by atoms with Gasteiger partial charge in [0.1, 0.15) is 12.2 Å². The second-order valence-electron chi connectivity index (χ2n) is 4.43. The standard InChI is InChI=1S/C13H19ClN2O3/c1-5-15-7-10(14)6-11(15)13(18)16(9(2)3)8-12(17)19-4/h6-7,9H,5,8H2,1-4H3. The lowest BCUT2D eigenvalue weighted by Gasteiger charge is -2.25. The van der Waals surface area contributed by atoms with Gasteiger partial charge in [0.2, 0.25) is 0 Å². The Morgan fingerprint density at radius 3 is 2.58 bits per heavy atom. The minimum absolute atomic E-state index is 0.0699. The van der Waals surface area contributed by atoms with Gasteiger partial charge in [0.05, 0.1) is 12.1 Å². The summed E-state index contributed by atoms with van der Waals surface area (Å²) >= 11 is 5.92. The molecule has 19 heavy (non-hydrogen) atoms. The number of ether oxygens (including phenoxy) is 1. The number of rotatable bonds is 5. The van der Waals surface area contributed by atoms with Crippen LogP contribution in [0, 0.1) is 0 Å². The normalized spacial score (nSPS) is 10.6. The number of esters is 1. The molecule has 0 atom stereocenters. The van der Waals surface area contributed by atoms with E-state index in [-0.39, 0.29) is 18.5 Å². The van der Waals surface area contributed by atoms with E-state index in [2.05, 4.69) is 4.74 Å². The van der Waals surface area contributed by atoms with Crippen LogP contribution in [0.5, 0.6) is 0 Å². The van der Waals surface area contributed by atoms with Gasteiger partial charge in [-0.25, -0.2) is 0 Å². The van der Waals surface area contributed by atoms with Crippen LogP contribution in [0.25, 0.3) is 0 Å². The summed E-state index contributed by atoms with van der Waals surface area (Å²) in [4.78, 5) is 25.3. The van der Waals surface area contributed by atoms with Gasteiger partial charge in [-0.15, -0.1) is 0 Å². The molecule has 0 N–H and O–H groups in total. The molecule has 0 fully saturated rings. The second kappa shape index (κ2) is 6.61. The van der Waals surface area contributed by atoms with E-state index in [1.165, 1.54) is 12.0 Å². The number of aromatic nitrogens is 1. The fourth-order valence-corrected chi connectivity index (χ4v) is 1.98. The van der Waals surface area contributed by atoms with Crippen LogP contribution >= 0.6 is 11.6 Å². The van der Waals surface area contributed by atoms with Crippen molar-refractivity contribution in [3.63, 3.8) is 0 Å². The number of aryl methyl sites for hydroxylation is 1. The molecule has 0 aliphatic rings. The van der Waals surface area contributed by atoms with Crippen molar-refractivity contribution in [1.82, 2.24) is 9.47 Å². The molecule has 0 saturated heterocycles. The summed E-state index contributed by atoms with van der Waals surface area (Å²) < 4.78 is 6.37. The van der Waals surface area contributed by atoms with E-state index in [1.807, 2.05) is 20.8 Å². The summed E-state index contributed by atoms with van der Waals surface area (Å²) in [7, 11) is 1.30. The van der Waals surface area contributed by atoms with Crippen molar-refractivity contribution in [1.29, 1.82) is 0 Å². The molecule has 6 heteroatoms. The van der Waals surface area contributed by atoms with Crippen LogP contribution in [0.1, 0.15) is 31.3 Å². The van der Waals surface area contributed by atoms with Crippen molar-refractivity contribution in [3.05, 3.63) is 23.0 Å². The van der Waals surface area contributed by atoms with Crippen molar-refractivity contribution < 1.29 is 14.3 Å². The van der Waals surface area contributed by atoms with Crippen LogP contribution in [0.2, 0.25) is 5.02 Å². The van der Waals surface area contributed by atoms with Gasteiger partial charge in [-0.2, -0.15) is 0 Å². The van der Waals surface area contributed by atoms with Crippen LogP contribution in [-0.4, -0.2) is 41.0 Å². The number of halogens is 1. The molecule has 1 rings (SSSR count). The number of carbonyl (C=O) groups is 2. The third-order valence-electron chi connectivity index (χ3n) is 2.83. The van der Waals surface area contributed by atoms with Gasteiger partial charge in [-0.05, 0) is 26.8 Å². The maximum Gasteiger partial charge on any atom is 0.325 e. The van der Waals surface area contributed by atoms with E-state index in [1.54, 1.807) is 16.8 Å². The van der Waals surface area contributed by atoms with Gasteiger partial charge in [0, 0.05) is 18.8 Å². The van der Waals surface area contributed by atoms with Gasteiger partial charge in [0.25, 0.3) is 5.91 Å². The first-order chi connectivity index (χ1) is 8.90. The van der Waals surface area contributed by atoms with Gasteiger partial charge >= 0.3 is 5.97 Å². The summed E-state index contributed by atoms with van der Waals surface area (Å²) in [6.07, 6.45) is 1.70. The number of hydrogen-bond donors (Lipinski definition) is 0. The zero-order valence-electron chi connectivity index (χ0n) is 11.6. The highest BCUT2D eigenvalue weighted by molar-refractivity contribution is 6.31. The smallest absolute Gasteiger partial charge is 0.325 e. The van der Waals surface area contributed by atoms with E-state index in [4.69, 9.17) is 11.6 Å². The Balaban J connectivity index is 3.02. The van der Waals surface area contributed by atoms with Crippen LogP contribution in [0.4, 0.5) is 0 Å². The molecule has 106 valence electrons. The highest BCUT2D eigenvalue weighted by Crippen LogP contribution is 2.17. The lowest BCUT2D eigenvalue weighted by Crippen LogP contribution is -2.41. The average molecular weight is 287 g/mol. The van der Waals surface area contributed by atoms with E-state index in [0.717, 1.165) is 0 Å². The topological polar surface area (TPSA) is 51.5 Å². The van der Waals surface area contributed by atoms with E-state index >= 15 is 0 Å². The van der Waals surface area contributed by atoms with E-state index in [0.29, 0.717) is 17.3 Å². The molecule has 0 unspecified atom stereocenters. The van der Waals surface area contributed by atoms with Crippen LogP contribution in [-0.2, 0) is 16.1 Å². The molecule has 1 heterocycles. The molecule has 1 aromatic heterocycles. The third-order valence-corrected chi connectivity index (χ3v) is 3.04. The average Bonchev–Trinajstić information content (AvgIpc) is 2.75. The van der Waals surface area contributed by atoms with Crippen LogP contribution in [0.3, 0.4) is 0 Å². The largest absolute Gasteiger partial charge is 0.468 e. The van der Waals surface area contributed by atoms with E-state index in [9.17, 15) is 9.59 Å². The van der Waals surface area contributed by atoms with E-state index < -0.39 is 5.97 Å². The zero-order chi connectivity index (χ0) is 14.6. The Morgan fingerprint density at radius 2 is 2.11 bits per heavy atom. The maximum absolute atomic E-state index is 12.5. The SMILES string of the molecule is CCn1cc(Cl)cc1C(=O)N(CC(=O)OC)C(C)C. The van der Waals surface area contributed by atoms with Crippen molar-refractivity contribution >= 4 is 23.5 Å². The Hall–Kier alpha value is -1.49. The monoisotopic (exact) mass is 286 g/mol. The summed E-state index contributed by atoms with van der Waals surface area (Å²) in [6.45, 7) is 6.19. The van der Waals surface area contributed by atoms with Crippen LogP contribution < -0.4 is 0 Å². The number of nitrogens with zero attached hydrogens (tertiary/aromatic N) is 2. The maximum atomic E-state index is 12.5. The van der Waals surface area contributed by atoms with Crippen LogP contribution in [0.15, 0.2) is 12.3 Å². The summed E-state index contributed by atoms with van der Waals surface area (Å²) in [5.41, 5.74) is 0.477. The number of methoxy groups -OCH3 is 1. The zero-order valence-corrected chi connectivity index (χ0v) is 12.4. The summed E-state index contributed by atoms with van der Waals surface area (Å²) in [6, 6.07) is 1.51. The predicted molar refractivity (Wildman–Crippen MR) is 73.3 cm³/mol. The molecule has 0 aliphatic heterocycles.